The second-order valence-corrected chi connectivity index (χ2v) is 12.2. The van der Waals surface area contributed by atoms with Crippen LogP contribution < -0.4 is 5.32 Å². The number of nitrogens with one attached hydrogen (secondary N) is 1. The Morgan fingerprint density at radius 3 is 2.50 bits per heavy atom. The number of hydrogen-bond donors (Lipinski definition) is 2. The molecule has 10 heteroatoms. The zero-order valence-corrected chi connectivity index (χ0v) is 20.8. The standard InChI is InChI=1S/C26H28F2N2O5S/c1-13-7-21(28)19(11-20(13)27)24(14-3-4-14)29-25(32)23-9-16-8-22(16)30(23)26(33)18-10-17(36(2,34)35)6-5-15(18)12-31/h5-7,10-11,14,16,22-24,31H,3-4,8-9,12H2,1-2H3,(H,29,32)/t16-,22-,23?,24-/m1/s1. The number of rotatable bonds is 7. The number of hydrogen-bond acceptors (Lipinski definition) is 5. The second-order valence-electron chi connectivity index (χ2n) is 10.2. The van der Waals surface area contributed by atoms with Gasteiger partial charge < -0.3 is 15.3 Å². The Hall–Kier alpha value is -2.85. The number of nitrogens with zero attached hydrogens (tertiary/aromatic N) is 1. The van der Waals surface area contributed by atoms with Gasteiger partial charge in [0.25, 0.3) is 5.91 Å². The Morgan fingerprint density at radius 1 is 1.14 bits per heavy atom. The van der Waals surface area contributed by atoms with Crippen LogP contribution in [0.1, 0.15) is 58.8 Å². The van der Waals surface area contributed by atoms with E-state index >= 15 is 0 Å². The van der Waals surface area contributed by atoms with Gasteiger partial charge in [0.1, 0.15) is 17.7 Å². The molecule has 1 saturated heterocycles. The maximum absolute atomic E-state index is 14.8. The van der Waals surface area contributed by atoms with Gasteiger partial charge in [0.15, 0.2) is 9.84 Å². The van der Waals surface area contributed by atoms with Gasteiger partial charge in [-0.05, 0) is 79.8 Å². The van der Waals surface area contributed by atoms with Crippen molar-refractivity contribution in [1.29, 1.82) is 0 Å². The largest absolute Gasteiger partial charge is 0.392 e. The fourth-order valence-electron chi connectivity index (χ4n) is 5.27. The molecule has 2 amide bonds. The van der Waals surface area contributed by atoms with E-state index in [0.29, 0.717) is 6.42 Å². The molecular weight excluding hydrogens is 490 g/mol. The quantitative estimate of drug-likeness (QED) is 0.587. The van der Waals surface area contributed by atoms with E-state index in [2.05, 4.69) is 5.32 Å². The van der Waals surface area contributed by atoms with Crippen LogP contribution in [0.15, 0.2) is 35.2 Å². The van der Waals surface area contributed by atoms with E-state index in [1.165, 1.54) is 30.0 Å². The molecule has 0 radical (unpaired) electrons. The summed E-state index contributed by atoms with van der Waals surface area (Å²) in [6.07, 6.45) is 3.75. The highest BCUT2D eigenvalue weighted by atomic mass is 32.2. The number of aliphatic hydroxyl groups excluding tert-OH is 1. The summed E-state index contributed by atoms with van der Waals surface area (Å²) in [6.45, 7) is 1.01. The van der Waals surface area contributed by atoms with E-state index in [1.807, 2.05) is 0 Å². The highest BCUT2D eigenvalue weighted by Gasteiger charge is 2.56. The maximum Gasteiger partial charge on any atom is 0.255 e. The fraction of sp³-hybridized carbons (Fsp3) is 0.462. The van der Waals surface area contributed by atoms with Gasteiger partial charge in [-0.15, -0.1) is 0 Å². The SMILES string of the molecule is Cc1cc(F)c([C@H](NC(=O)C2C[C@H]3C[C@H]3N2C(=O)c2cc(S(C)(=O)=O)ccc2CO)C2CC2)cc1F. The molecule has 0 bridgehead atoms. The van der Waals surface area contributed by atoms with Crippen molar-refractivity contribution in [2.75, 3.05) is 6.26 Å². The summed E-state index contributed by atoms with van der Waals surface area (Å²) in [5, 5.41) is 12.7. The smallest absolute Gasteiger partial charge is 0.255 e. The molecule has 4 atom stereocenters. The van der Waals surface area contributed by atoms with Gasteiger partial charge in [-0.25, -0.2) is 17.2 Å². The first-order valence-corrected chi connectivity index (χ1v) is 13.9. The molecule has 3 fully saturated rings. The molecule has 5 rings (SSSR count). The second kappa shape index (κ2) is 8.92. The number of amides is 2. The van der Waals surface area contributed by atoms with E-state index in [9.17, 15) is 31.9 Å². The number of sulfone groups is 1. The Labute approximate surface area is 208 Å². The van der Waals surface area contributed by atoms with Crippen LogP contribution in [0.4, 0.5) is 8.78 Å². The van der Waals surface area contributed by atoms with E-state index in [-0.39, 0.29) is 45.0 Å². The molecule has 36 heavy (non-hydrogen) atoms. The van der Waals surface area contributed by atoms with E-state index in [4.69, 9.17) is 0 Å². The highest BCUT2D eigenvalue weighted by molar-refractivity contribution is 7.90. The number of carbonyl (C=O) groups excluding carboxylic acids is 2. The first-order valence-electron chi connectivity index (χ1n) is 12.0. The van der Waals surface area contributed by atoms with Crippen LogP contribution in [0.3, 0.4) is 0 Å². The third kappa shape index (κ3) is 4.52. The van der Waals surface area contributed by atoms with Crippen molar-refractivity contribution in [2.45, 2.75) is 62.2 Å². The lowest BCUT2D eigenvalue weighted by molar-refractivity contribution is -0.126. The number of fused-ring (bicyclic) bond motifs is 1. The van der Waals surface area contributed by atoms with Gasteiger partial charge in [-0.2, -0.15) is 0 Å². The van der Waals surface area contributed by atoms with Crippen molar-refractivity contribution in [3.63, 3.8) is 0 Å². The first-order chi connectivity index (χ1) is 17.0. The van der Waals surface area contributed by atoms with Gasteiger partial charge in [-0.1, -0.05) is 6.07 Å². The molecule has 0 spiro atoms. The first kappa shape index (κ1) is 24.8. The van der Waals surface area contributed by atoms with E-state index in [0.717, 1.165) is 37.7 Å². The number of likely N-dealkylation sites (tertiary alicyclic amines) is 1. The van der Waals surface area contributed by atoms with Gasteiger partial charge in [0.2, 0.25) is 5.91 Å². The molecule has 2 aliphatic carbocycles. The van der Waals surface area contributed by atoms with Crippen molar-refractivity contribution in [3.05, 3.63) is 64.2 Å². The fourth-order valence-corrected chi connectivity index (χ4v) is 5.92. The van der Waals surface area contributed by atoms with Crippen LogP contribution in [0.5, 0.6) is 0 Å². The lowest BCUT2D eigenvalue weighted by atomic mass is 9.98. The van der Waals surface area contributed by atoms with Crippen molar-refractivity contribution in [2.24, 2.45) is 11.8 Å². The number of halogens is 2. The number of aryl methyl sites for hydroxylation is 1. The molecule has 192 valence electrons. The molecule has 2 aromatic carbocycles. The molecule has 1 heterocycles. The summed E-state index contributed by atoms with van der Waals surface area (Å²) in [7, 11) is -3.60. The van der Waals surface area contributed by atoms with Crippen LogP contribution in [-0.2, 0) is 21.2 Å². The summed E-state index contributed by atoms with van der Waals surface area (Å²) in [5.74, 6) is -1.97. The van der Waals surface area contributed by atoms with Gasteiger partial charge in [0, 0.05) is 23.4 Å². The third-order valence-corrected chi connectivity index (χ3v) is 8.67. The minimum Gasteiger partial charge on any atom is -0.392 e. The van der Waals surface area contributed by atoms with Crippen molar-refractivity contribution >= 4 is 21.7 Å². The third-order valence-electron chi connectivity index (χ3n) is 7.56. The lowest BCUT2D eigenvalue weighted by Crippen LogP contribution is -2.49. The number of aliphatic hydroxyl groups is 1. The van der Waals surface area contributed by atoms with Crippen molar-refractivity contribution < 1.29 is 31.9 Å². The van der Waals surface area contributed by atoms with Crippen LogP contribution >= 0.6 is 0 Å². The zero-order chi connectivity index (χ0) is 25.9. The van der Waals surface area contributed by atoms with Gasteiger partial charge >= 0.3 is 0 Å². The monoisotopic (exact) mass is 518 g/mol. The summed E-state index contributed by atoms with van der Waals surface area (Å²) in [5.41, 5.74) is 0.582. The molecule has 1 unspecified atom stereocenters. The Balaban J connectivity index is 1.43. The molecule has 1 aliphatic heterocycles. The average molecular weight is 519 g/mol. The molecule has 2 aromatic rings. The summed E-state index contributed by atoms with van der Waals surface area (Å²) < 4.78 is 53.1. The summed E-state index contributed by atoms with van der Waals surface area (Å²) >= 11 is 0. The normalized spacial score (nSPS) is 23.8. The summed E-state index contributed by atoms with van der Waals surface area (Å²) in [4.78, 5) is 28.5. The Kier molecular flexibility index (Phi) is 6.15. The lowest BCUT2D eigenvalue weighted by Gasteiger charge is -2.30. The van der Waals surface area contributed by atoms with Crippen LogP contribution in [0, 0.1) is 30.4 Å². The topological polar surface area (TPSA) is 104 Å². The van der Waals surface area contributed by atoms with Crippen LogP contribution in [0.2, 0.25) is 0 Å². The average Bonchev–Trinajstić information content (AvgIpc) is 3.76. The Morgan fingerprint density at radius 2 is 1.86 bits per heavy atom. The van der Waals surface area contributed by atoms with Crippen molar-refractivity contribution in [1.82, 2.24) is 10.2 Å². The van der Waals surface area contributed by atoms with E-state index in [1.54, 1.807) is 0 Å². The molecule has 0 aromatic heterocycles. The predicted octanol–water partition coefficient (Wildman–Crippen LogP) is 3.04. The number of carbonyl (C=O) groups is 2. The minimum atomic E-state index is -3.60. The molecule has 3 aliphatic rings. The zero-order valence-electron chi connectivity index (χ0n) is 20.0. The maximum atomic E-state index is 14.8. The number of piperidine rings is 1. The number of benzene rings is 2. The molecule has 2 N–H and O–H groups in total. The predicted molar refractivity (Wildman–Crippen MR) is 127 cm³/mol. The van der Waals surface area contributed by atoms with Gasteiger partial charge in [-0.3, -0.25) is 9.59 Å². The van der Waals surface area contributed by atoms with Crippen LogP contribution in [0.25, 0.3) is 0 Å². The van der Waals surface area contributed by atoms with Crippen LogP contribution in [-0.4, -0.2) is 48.6 Å². The van der Waals surface area contributed by atoms with Crippen molar-refractivity contribution in [3.8, 4) is 0 Å². The molecular formula is C26H28F2N2O5S. The van der Waals surface area contributed by atoms with E-state index < -0.39 is 52.0 Å². The van der Waals surface area contributed by atoms with Gasteiger partial charge in [0.05, 0.1) is 17.5 Å². The Bertz CT molecular complexity index is 1360. The molecule has 7 nitrogen and oxygen atoms in total. The highest BCUT2D eigenvalue weighted by Crippen LogP contribution is 2.49. The summed E-state index contributed by atoms with van der Waals surface area (Å²) in [6, 6.07) is 4.54. The minimum absolute atomic E-state index is 0.0157. The molecule has 2 saturated carbocycles.